The summed E-state index contributed by atoms with van der Waals surface area (Å²) < 4.78 is 0. The summed E-state index contributed by atoms with van der Waals surface area (Å²) in [7, 11) is 0. The van der Waals surface area contributed by atoms with Crippen molar-refractivity contribution in [2.75, 3.05) is 13.1 Å². The van der Waals surface area contributed by atoms with Crippen molar-refractivity contribution in [3.8, 4) is 0 Å². The predicted molar refractivity (Wildman–Crippen MR) is 71.0 cm³/mol. The van der Waals surface area contributed by atoms with E-state index in [1.54, 1.807) is 11.1 Å². The number of hydrogen-bond acceptors (Lipinski definition) is 2. The summed E-state index contributed by atoms with van der Waals surface area (Å²) in [5, 5.41) is 0. The van der Waals surface area contributed by atoms with Gasteiger partial charge in [0.15, 0.2) is 0 Å². The van der Waals surface area contributed by atoms with Gasteiger partial charge in [-0.2, -0.15) is 0 Å². The highest BCUT2D eigenvalue weighted by molar-refractivity contribution is 5.35. The van der Waals surface area contributed by atoms with Crippen LogP contribution in [0.15, 0.2) is 18.2 Å². The molecule has 2 heteroatoms. The third-order valence-corrected chi connectivity index (χ3v) is 4.11. The lowest BCUT2D eigenvalue weighted by Crippen LogP contribution is -2.42. The maximum absolute atomic E-state index is 6.03. The van der Waals surface area contributed by atoms with E-state index in [1.165, 1.54) is 44.2 Å². The summed E-state index contributed by atoms with van der Waals surface area (Å²) in [4.78, 5) is 2.50. The highest BCUT2D eigenvalue weighted by Gasteiger charge is 2.17. The van der Waals surface area contributed by atoms with Gasteiger partial charge in [0.05, 0.1) is 0 Å². The lowest BCUT2D eigenvalue weighted by atomic mass is 10.0. The first kappa shape index (κ1) is 11.2. The number of aryl methyl sites for hydroxylation is 2. The van der Waals surface area contributed by atoms with Crippen LogP contribution in [0.1, 0.15) is 36.0 Å². The second kappa shape index (κ2) is 4.79. The smallest absolute Gasteiger partial charge is 0.0234 e. The van der Waals surface area contributed by atoms with Gasteiger partial charge in [-0.05, 0) is 55.3 Å². The molecule has 1 fully saturated rings. The van der Waals surface area contributed by atoms with Crippen molar-refractivity contribution in [1.29, 1.82) is 0 Å². The first-order chi connectivity index (χ1) is 8.31. The Morgan fingerprint density at radius 1 is 1.18 bits per heavy atom. The zero-order valence-electron chi connectivity index (χ0n) is 10.5. The van der Waals surface area contributed by atoms with Gasteiger partial charge in [0.2, 0.25) is 0 Å². The van der Waals surface area contributed by atoms with Gasteiger partial charge in [0.25, 0.3) is 0 Å². The molecule has 0 bridgehead atoms. The number of nitrogens with two attached hydrogens (primary N) is 1. The second-order valence-corrected chi connectivity index (χ2v) is 5.59. The highest BCUT2D eigenvalue weighted by Crippen LogP contribution is 2.23. The van der Waals surface area contributed by atoms with Crippen LogP contribution in [-0.2, 0) is 19.4 Å². The lowest BCUT2D eigenvalue weighted by molar-refractivity contribution is 0.201. The van der Waals surface area contributed by atoms with Crippen LogP contribution in [0.3, 0.4) is 0 Å². The number of hydrogen-bond donors (Lipinski definition) is 1. The Bertz CT molecular complexity index is 400. The molecule has 1 heterocycles. The molecule has 92 valence electrons. The average molecular weight is 230 g/mol. The van der Waals surface area contributed by atoms with Crippen molar-refractivity contribution in [3.63, 3.8) is 0 Å². The number of benzene rings is 1. The van der Waals surface area contributed by atoms with Crippen molar-refractivity contribution in [3.05, 3.63) is 34.9 Å². The Morgan fingerprint density at radius 3 is 2.94 bits per heavy atom. The van der Waals surface area contributed by atoms with Gasteiger partial charge in [0.1, 0.15) is 0 Å². The van der Waals surface area contributed by atoms with E-state index in [2.05, 4.69) is 23.1 Å². The number of fused-ring (bicyclic) bond motifs is 1. The molecule has 1 atom stereocenters. The van der Waals surface area contributed by atoms with E-state index in [0.717, 1.165) is 13.1 Å². The van der Waals surface area contributed by atoms with E-state index in [4.69, 9.17) is 5.73 Å². The van der Waals surface area contributed by atoms with Crippen molar-refractivity contribution < 1.29 is 0 Å². The SMILES string of the molecule is N[C@@H]1CCCN(Cc2ccc3c(c2)CCC3)C1. The second-order valence-electron chi connectivity index (χ2n) is 5.59. The van der Waals surface area contributed by atoms with Gasteiger partial charge < -0.3 is 5.73 Å². The molecule has 1 aliphatic carbocycles. The van der Waals surface area contributed by atoms with Crippen LogP contribution in [0.2, 0.25) is 0 Å². The number of likely N-dealkylation sites (tertiary alicyclic amines) is 1. The largest absolute Gasteiger partial charge is 0.327 e. The van der Waals surface area contributed by atoms with Gasteiger partial charge in [-0.1, -0.05) is 18.2 Å². The topological polar surface area (TPSA) is 29.3 Å². The van der Waals surface area contributed by atoms with Gasteiger partial charge in [-0.25, -0.2) is 0 Å². The highest BCUT2D eigenvalue weighted by atomic mass is 15.1. The molecule has 17 heavy (non-hydrogen) atoms. The van der Waals surface area contributed by atoms with Crippen molar-refractivity contribution in [2.24, 2.45) is 5.73 Å². The minimum Gasteiger partial charge on any atom is -0.327 e. The van der Waals surface area contributed by atoms with Crippen LogP contribution >= 0.6 is 0 Å². The minimum atomic E-state index is 0.387. The third kappa shape index (κ3) is 2.53. The molecule has 0 saturated carbocycles. The normalized spacial score (nSPS) is 24.9. The fourth-order valence-corrected chi connectivity index (χ4v) is 3.22. The third-order valence-electron chi connectivity index (χ3n) is 4.11. The monoisotopic (exact) mass is 230 g/mol. The molecular formula is C15H22N2. The zero-order chi connectivity index (χ0) is 11.7. The molecule has 0 aromatic heterocycles. The Labute approximate surface area is 104 Å². The molecule has 1 aromatic carbocycles. The fraction of sp³-hybridized carbons (Fsp3) is 0.600. The zero-order valence-corrected chi connectivity index (χ0v) is 10.5. The number of rotatable bonds is 2. The van der Waals surface area contributed by atoms with Crippen LogP contribution < -0.4 is 5.73 Å². The van der Waals surface area contributed by atoms with Gasteiger partial charge in [-0.3, -0.25) is 4.90 Å². The molecule has 1 saturated heterocycles. The molecule has 2 N–H and O–H groups in total. The van der Waals surface area contributed by atoms with Crippen LogP contribution in [0.5, 0.6) is 0 Å². The molecule has 0 amide bonds. The maximum Gasteiger partial charge on any atom is 0.0234 e. The summed E-state index contributed by atoms with van der Waals surface area (Å²) in [5.41, 5.74) is 10.7. The molecule has 2 nitrogen and oxygen atoms in total. The number of nitrogens with zero attached hydrogens (tertiary/aromatic N) is 1. The van der Waals surface area contributed by atoms with E-state index in [0.29, 0.717) is 6.04 Å². The molecule has 0 spiro atoms. The Kier molecular flexibility index (Phi) is 3.17. The quantitative estimate of drug-likeness (QED) is 0.843. The summed E-state index contributed by atoms with van der Waals surface area (Å²) in [5.74, 6) is 0. The molecule has 0 unspecified atom stereocenters. The fourth-order valence-electron chi connectivity index (χ4n) is 3.22. The molecule has 1 aliphatic heterocycles. The van der Waals surface area contributed by atoms with Crippen LogP contribution in [0.4, 0.5) is 0 Å². The maximum atomic E-state index is 6.03. The lowest BCUT2D eigenvalue weighted by Gasteiger charge is -2.30. The predicted octanol–water partition coefficient (Wildman–Crippen LogP) is 2.10. The van der Waals surface area contributed by atoms with Crippen molar-refractivity contribution in [2.45, 2.75) is 44.7 Å². The van der Waals surface area contributed by atoms with E-state index in [1.807, 2.05) is 0 Å². The summed E-state index contributed by atoms with van der Waals surface area (Å²) >= 11 is 0. The van der Waals surface area contributed by atoms with E-state index < -0.39 is 0 Å². The van der Waals surface area contributed by atoms with Crippen LogP contribution in [0, 0.1) is 0 Å². The Balaban J connectivity index is 1.68. The van der Waals surface area contributed by atoms with Crippen LogP contribution in [0.25, 0.3) is 0 Å². The van der Waals surface area contributed by atoms with E-state index in [-0.39, 0.29) is 0 Å². The standard InChI is InChI=1S/C15H22N2/c16-15-5-2-8-17(11-15)10-12-6-7-13-3-1-4-14(13)9-12/h6-7,9,15H,1-5,8,10-11,16H2/t15-/m1/s1. The molecular weight excluding hydrogens is 208 g/mol. The first-order valence-electron chi connectivity index (χ1n) is 6.90. The Hall–Kier alpha value is -0.860. The molecule has 2 aliphatic rings. The molecule has 1 aromatic rings. The van der Waals surface area contributed by atoms with Gasteiger partial charge >= 0.3 is 0 Å². The van der Waals surface area contributed by atoms with E-state index >= 15 is 0 Å². The number of piperidine rings is 1. The van der Waals surface area contributed by atoms with E-state index in [9.17, 15) is 0 Å². The van der Waals surface area contributed by atoms with Gasteiger partial charge in [-0.15, -0.1) is 0 Å². The molecule has 0 radical (unpaired) electrons. The summed E-state index contributed by atoms with van der Waals surface area (Å²) in [6.45, 7) is 3.36. The van der Waals surface area contributed by atoms with Crippen LogP contribution in [-0.4, -0.2) is 24.0 Å². The van der Waals surface area contributed by atoms with Crippen molar-refractivity contribution >= 4 is 0 Å². The first-order valence-corrected chi connectivity index (χ1v) is 6.90. The van der Waals surface area contributed by atoms with Crippen molar-refractivity contribution in [1.82, 2.24) is 4.90 Å². The average Bonchev–Trinajstić information content (AvgIpc) is 2.76. The summed E-state index contributed by atoms with van der Waals surface area (Å²) in [6, 6.07) is 7.45. The minimum absolute atomic E-state index is 0.387. The van der Waals surface area contributed by atoms with Gasteiger partial charge in [0, 0.05) is 19.1 Å². The Morgan fingerprint density at radius 2 is 2.06 bits per heavy atom. The summed E-state index contributed by atoms with van der Waals surface area (Å²) in [6.07, 6.45) is 6.35. The molecule has 3 rings (SSSR count).